The molecule has 0 unspecified atom stereocenters. The van der Waals surface area contributed by atoms with Crippen molar-refractivity contribution < 1.29 is 24.7 Å². The first-order chi connectivity index (χ1) is 16.5. The summed E-state index contributed by atoms with van der Waals surface area (Å²) in [6.45, 7) is 0.0345. The molecule has 4 aromatic rings. The number of hydroxylamine groups is 1. The van der Waals surface area contributed by atoms with E-state index in [0.717, 1.165) is 31.9 Å². The van der Waals surface area contributed by atoms with Crippen LogP contribution in [0.3, 0.4) is 0 Å². The Balaban J connectivity index is 1.65. The molecular formula is C25H21N3O5S. The molecule has 1 atom stereocenters. The lowest BCUT2D eigenvalue weighted by Crippen LogP contribution is -2.40. The number of thiophene rings is 1. The Morgan fingerprint density at radius 3 is 2.24 bits per heavy atom. The molecule has 0 bridgehead atoms. The molecule has 0 aliphatic heterocycles. The first-order valence-electron chi connectivity index (χ1n) is 10.3. The van der Waals surface area contributed by atoms with Crippen LogP contribution < -0.4 is 10.8 Å². The Bertz CT molecular complexity index is 1320. The molecule has 1 aromatic heterocycles. The van der Waals surface area contributed by atoms with Gasteiger partial charge in [0.25, 0.3) is 11.8 Å². The lowest BCUT2D eigenvalue weighted by atomic mass is 10.0. The maximum atomic E-state index is 13.4. The zero-order chi connectivity index (χ0) is 24.1. The zero-order valence-electron chi connectivity index (χ0n) is 17.8. The lowest BCUT2D eigenvalue weighted by molar-refractivity contribution is -0.121. The van der Waals surface area contributed by atoms with Crippen LogP contribution in [0.4, 0.5) is 10.5 Å². The number of rotatable bonds is 7. The van der Waals surface area contributed by atoms with Crippen LogP contribution in [0.25, 0.3) is 10.1 Å². The highest BCUT2D eigenvalue weighted by molar-refractivity contribution is 7.20. The number of fused-ring (bicyclic) bond motifs is 1. The quantitative estimate of drug-likeness (QED) is 0.224. The SMILES string of the molecule is O=C(NO)c1cc2ccc(NC(=O)[C@@H](c3ccccc3)N(Cc3ccccc3)C(=O)O)cc2s1. The van der Waals surface area contributed by atoms with Gasteiger partial charge in [0.15, 0.2) is 0 Å². The van der Waals surface area contributed by atoms with Crippen molar-refractivity contribution in [3.63, 3.8) is 0 Å². The van der Waals surface area contributed by atoms with Crippen LogP contribution in [0.2, 0.25) is 0 Å². The highest BCUT2D eigenvalue weighted by atomic mass is 32.1. The highest BCUT2D eigenvalue weighted by Crippen LogP contribution is 2.30. The van der Waals surface area contributed by atoms with Gasteiger partial charge in [-0.2, -0.15) is 0 Å². The van der Waals surface area contributed by atoms with Crippen molar-refractivity contribution >= 4 is 45.0 Å². The minimum absolute atomic E-state index is 0.0345. The fraction of sp³-hybridized carbons (Fsp3) is 0.0800. The number of benzene rings is 3. The summed E-state index contributed by atoms with van der Waals surface area (Å²) in [6.07, 6.45) is -1.22. The molecular weight excluding hydrogens is 454 g/mol. The van der Waals surface area contributed by atoms with E-state index in [2.05, 4.69) is 5.32 Å². The molecule has 0 fully saturated rings. The van der Waals surface area contributed by atoms with E-state index in [4.69, 9.17) is 5.21 Å². The number of hydrogen-bond donors (Lipinski definition) is 4. The van der Waals surface area contributed by atoms with Gasteiger partial charge in [0.2, 0.25) is 0 Å². The molecule has 3 aromatic carbocycles. The Labute approximate surface area is 199 Å². The molecule has 8 nitrogen and oxygen atoms in total. The van der Waals surface area contributed by atoms with Crippen molar-refractivity contribution in [2.45, 2.75) is 12.6 Å². The molecule has 9 heteroatoms. The normalized spacial score (nSPS) is 11.6. The largest absolute Gasteiger partial charge is 0.465 e. The van der Waals surface area contributed by atoms with Crippen molar-refractivity contribution in [3.8, 4) is 0 Å². The molecule has 0 saturated heterocycles. The molecule has 0 aliphatic rings. The number of nitrogens with zero attached hydrogens (tertiary/aromatic N) is 1. The number of carbonyl (C=O) groups excluding carboxylic acids is 2. The number of hydrogen-bond acceptors (Lipinski definition) is 5. The zero-order valence-corrected chi connectivity index (χ0v) is 18.7. The first kappa shape index (κ1) is 23.0. The fourth-order valence-corrected chi connectivity index (χ4v) is 4.64. The maximum absolute atomic E-state index is 13.4. The second kappa shape index (κ2) is 10.2. The highest BCUT2D eigenvalue weighted by Gasteiger charge is 2.31. The molecule has 34 heavy (non-hydrogen) atoms. The Morgan fingerprint density at radius 2 is 1.59 bits per heavy atom. The van der Waals surface area contributed by atoms with Gasteiger partial charge in [0, 0.05) is 10.4 Å². The Morgan fingerprint density at radius 1 is 0.912 bits per heavy atom. The van der Waals surface area contributed by atoms with E-state index in [0.29, 0.717) is 16.1 Å². The third-order valence-electron chi connectivity index (χ3n) is 5.23. The van der Waals surface area contributed by atoms with Gasteiger partial charge in [-0.3, -0.25) is 19.7 Å². The van der Waals surface area contributed by atoms with E-state index in [9.17, 15) is 19.5 Å². The van der Waals surface area contributed by atoms with Crippen molar-refractivity contribution in [1.82, 2.24) is 10.4 Å². The number of anilines is 1. The summed E-state index contributed by atoms with van der Waals surface area (Å²) in [7, 11) is 0. The minimum Gasteiger partial charge on any atom is -0.465 e. The van der Waals surface area contributed by atoms with Gasteiger partial charge in [0.1, 0.15) is 6.04 Å². The van der Waals surface area contributed by atoms with Gasteiger partial charge < -0.3 is 10.4 Å². The van der Waals surface area contributed by atoms with Gasteiger partial charge in [0.05, 0.1) is 11.4 Å². The third-order valence-corrected chi connectivity index (χ3v) is 6.33. The van der Waals surface area contributed by atoms with E-state index in [1.54, 1.807) is 72.2 Å². The molecule has 0 spiro atoms. The van der Waals surface area contributed by atoms with Gasteiger partial charge in [-0.25, -0.2) is 10.3 Å². The van der Waals surface area contributed by atoms with E-state index >= 15 is 0 Å². The number of amides is 3. The molecule has 4 N–H and O–H groups in total. The summed E-state index contributed by atoms with van der Waals surface area (Å²) in [5, 5.41) is 22.4. The molecule has 1 heterocycles. The predicted molar refractivity (Wildman–Crippen MR) is 129 cm³/mol. The van der Waals surface area contributed by atoms with Crippen LogP contribution in [0.15, 0.2) is 84.9 Å². The van der Waals surface area contributed by atoms with E-state index in [-0.39, 0.29) is 6.54 Å². The van der Waals surface area contributed by atoms with E-state index < -0.39 is 23.9 Å². The summed E-state index contributed by atoms with van der Waals surface area (Å²) in [4.78, 5) is 38.8. The molecule has 0 saturated carbocycles. The van der Waals surface area contributed by atoms with Crippen molar-refractivity contribution in [1.29, 1.82) is 0 Å². The van der Waals surface area contributed by atoms with Gasteiger partial charge in [-0.05, 0) is 34.7 Å². The van der Waals surface area contributed by atoms with Crippen molar-refractivity contribution in [2.24, 2.45) is 0 Å². The summed E-state index contributed by atoms with van der Waals surface area (Å²) in [5.41, 5.74) is 3.36. The Kier molecular flexibility index (Phi) is 6.86. The predicted octanol–water partition coefficient (Wildman–Crippen LogP) is 4.88. The summed E-state index contributed by atoms with van der Waals surface area (Å²) in [5.74, 6) is -1.12. The second-order valence-electron chi connectivity index (χ2n) is 7.50. The van der Waals surface area contributed by atoms with Crippen LogP contribution in [0.1, 0.15) is 26.8 Å². The van der Waals surface area contributed by atoms with Gasteiger partial charge >= 0.3 is 6.09 Å². The van der Waals surface area contributed by atoms with Crippen LogP contribution >= 0.6 is 11.3 Å². The van der Waals surface area contributed by atoms with E-state index in [1.807, 2.05) is 18.2 Å². The Hall–Kier alpha value is -4.21. The van der Waals surface area contributed by atoms with Gasteiger partial charge in [-0.15, -0.1) is 11.3 Å². The monoisotopic (exact) mass is 475 g/mol. The maximum Gasteiger partial charge on any atom is 0.408 e. The third kappa shape index (κ3) is 5.06. The minimum atomic E-state index is -1.22. The molecule has 172 valence electrons. The summed E-state index contributed by atoms with van der Waals surface area (Å²) < 4.78 is 0.729. The smallest absolute Gasteiger partial charge is 0.408 e. The average molecular weight is 476 g/mol. The molecule has 3 amide bonds. The number of carboxylic acid groups (broad SMARTS) is 1. The van der Waals surface area contributed by atoms with Crippen LogP contribution in [-0.2, 0) is 11.3 Å². The molecule has 0 radical (unpaired) electrons. The van der Waals surface area contributed by atoms with Gasteiger partial charge in [-0.1, -0.05) is 66.7 Å². The van der Waals surface area contributed by atoms with Crippen LogP contribution in [0, 0.1) is 0 Å². The van der Waals surface area contributed by atoms with Crippen molar-refractivity contribution in [3.05, 3.63) is 101 Å². The van der Waals surface area contributed by atoms with E-state index in [1.165, 1.54) is 0 Å². The first-order valence-corrected chi connectivity index (χ1v) is 11.2. The van der Waals surface area contributed by atoms with Crippen LogP contribution in [0.5, 0.6) is 0 Å². The number of nitrogens with one attached hydrogen (secondary N) is 2. The summed E-state index contributed by atoms with van der Waals surface area (Å²) >= 11 is 1.16. The fourth-order valence-electron chi connectivity index (χ4n) is 3.64. The second-order valence-corrected chi connectivity index (χ2v) is 8.59. The number of carbonyl (C=O) groups is 3. The lowest BCUT2D eigenvalue weighted by Gasteiger charge is -2.29. The van der Waals surface area contributed by atoms with Crippen LogP contribution in [-0.4, -0.2) is 33.1 Å². The average Bonchev–Trinajstić information content (AvgIpc) is 3.28. The van der Waals surface area contributed by atoms with Crippen molar-refractivity contribution in [2.75, 3.05) is 5.32 Å². The topological polar surface area (TPSA) is 119 Å². The summed E-state index contributed by atoms with van der Waals surface area (Å²) in [6, 6.07) is 23.5. The molecule has 4 rings (SSSR count). The molecule has 0 aliphatic carbocycles. The standard InChI is InChI=1S/C25H21N3O5S/c29-23(27-33)21-13-18-11-12-19(14-20(18)34-21)26-24(30)22(17-9-5-2-6-10-17)28(25(31)32)15-16-7-3-1-4-8-16/h1-14,22,33H,15H2,(H,26,30)(H,27,29)(H,31,32)/t22-/m1/s1.